The van der Waals surface area contributed by atoms with Gasteiger partial charge in [0.15, 0.2) is 17.5 Å². The molecule has 0 radical (unpaired) electrons. The molecule has 262 valence electrons. The highest BCUT2D eigenvalue weighted by Crippen LogP contribution is 2.43. The van der Waals surface area contributed by atoms with Crippen molar-refractivity contribution in [1.82, 2.24) is 15.0 Å². The van der Waals surface area contributed by atoms with Crippen LogP contribution in [0, 0.1) is 0 Å². The van der Waals surface area contributed by atoms with Crippen LogP contribution in [0.5, 0.6) is 0 Å². The van der Waals surface area contributed by atoms with Crippen LogP contribution in [0.1, 0.15) is 8.22 Å². The Morgan fingerprint density at radius 3 is 1.66 bits per heavy atom. The summed E-state index contributed by atoms with van der Waals surface area (Å²) in [6.07, 6.45) is 0. The molecule has 3 heterocycles. The number of aromatic nitrogens is 3. The molecule has 8 aromatic carbocycles. The maximum absolute atomic E-state index is 9.77. The van der Waals surface area contributed by atoms with Crippen LogP contribution in [-0.4, -0.2) is 15.0 Å². The van der Waals surface area contributed by atoms with Gasteiger partial charge in [-0.3, -0.25) is 0 Å². The Labute approximate surface area is 340 Å². The zero-order valence-corrected chi connectivity index (χ0v) is 31.2. The molecule has 5 heteroatoms. The van der Waals surface area contributed by atoms with Crippen molar-refractivity contribution in [2.75, 3.05) is 0 Å². The monoisotopic (exact) mass is 755 g/mol. The first-order valence-electron chi connectivity index (χ1n) is 21.2. The van der Waals surface area contributed by atoms with Crippen molar-refractivity contribution in [3.05, 3.63) is 188 Å². The van der Waals surface area contributed by atoms with E-state index in [-0.39, 0.29) is 58.4 Å². The SMILES string of the molecule is [2H]c1c([2H])c([2H])c2c(sc3c([2H])c(-c4nc(-c5ccccc5)nc(-c5ccc6c(c5)sc5ccccc56)n4)c([2H])c([2H])c32)c1-c1cc(-c2ccccc2)cc(-c2ccccc2)c1. The number of benzene rings is 8. The van der Waals surface area contributed by atoms with E-state index in [2.05, 4.69) is 30.3 Å². The molecule has 3 nitrogen and oxygen atoms in total. The van der Waals surface area contributed by atoms with E-state index in [4.69, 9.17) is 16.3 Å². The van der Waals surface area contributed by atoms with Crippen molar-refractivity contribution >= 4 is 63.0 Å². The number of fused-ring (bicyclic) bond motifs is 6. The smallest absolute Gasteiger partial charge is 0.164 e. The van der Waals surface area contributed by atoms with E-state index in [0.717, 1.165) is 43.5 Å². The van der Waals surface area contributed by atoms with Crippen molar-refractivity contribution in [3.8, 4) is 67.5 Å². The second kappa shape index (κ2) is 13.5. The Kier molecular flexibility index (Phi) is 6.48. The minimum atomic E-state index is -0.287. The first-order chi connectivity index (χ1) is 30.2. The Morgan fingerprint density at radius 1 is 0.357 bits per heavy atom. The van der Waals surface area contributed by atoms with Gasteiger partial charge in [0.05, 0.1) is 8.22 Å². The highest BCUT2D eigenvalue weighted by atomic mass is 32.1. The summed E-state index contributed by atoms with van der Waals surface area (Å²) in [5, 5.41) is 2.82. The van der Waals surface area contributed by atoms with Crippen molar-refractivity contribution in [2.45, 2.75) is 0 Å². The lowest BCUT2D eigenvalue weighted by molar-refractivity contribution is 1.08. The molecule has 0 aliphatic rings. The second-order valence-electron chi connectivity index (χ2n) is 13.5. The van der Waals surface area contributed by atoms with E-state index < -0.39 is 0 Å². The molecule has 0 saturated heterocycles. The molecule has 0 unspecified atom stereocenters. The normalized spacial score (nSPS) is 13.1. The summed E-state index contributed by atoms with van der Waals surface area (Å²) in [6, 6.07) is 48.8. The minimum Gasteiger partial charge on any atom is -0.208 e. The van der Waals surface area contributed by atoms with Crippen LogP contribution < -0.4 is 0 Å². The number of thiophene rings is 2. The lowest BCUT2D eigenvalue weighted by Gasteiger charge is -2.12. The summed E-state index contributed by atoms with van der Waals surface area (Å²) in [5.41, 5.74) is 6.46. The largest absolute Gasteiger partial charge is 0.208 e. The summed E-state index contributed by atoms with van der Waals surface area (Å²) in [7, 11) is 0. The minimum absolute atomic E-state index is 0.0651. The highest BCUT2D eigenvalue weighted by molar-refractivity contribution is 7.26. The molecule has 3 aromatic heterocycles. The number of hydrogen-bond acceptors (Lipinski definition) is 5. The molecule has 56 heavy (non-hydrogen) atoms. The van der Waals surface area contributed by atoms with Crippen LogP contribution in [-0.2, 0) is 0 Å². The topological polar surface area (TPSA) is 38.7 Å². The van der Waals surface area contributed by atoms with Crippen molar-refractivity contribution < 1.29 is 8.22 Å². The zero-order chi connectivity index (χ0) is 42.2. The Morgan fingerprint density at radius 2 is 0.946 bits per heavy atom. The number of hydrogen-bond donors (Lipinski definition) is 0. The van der Waals surface area contributed by atoms with Crippen LogP contribution in [0.2, 0.25) is 0 Å². The first-order valence-corrected chi connectivity index (χ1v) is 19.8. The van der Waals surface area contributed by atoms with Crippen LogP contribution in [0.25, 0.3) is 108 Å². The average molecular weight is 756 g/mol. The van der Waals surface area contributed by atoms with Gasteiger partial charge >= 0.3 is 0 Å². The fraction of sp³-hybridized carbons (Fsp3) is 0. The molecule has 11 aromatic rings. The van der Waals surface area contributed by atoms with Gasteiger partial charge in [0.2, 0.25) is 0 Å². The number of rotatable bonds is 6. The van der Waals surface area contributed by atoms with Gasteiger partial charge in [-0.2, -0.15) is 0 Å². The van der Waals surface area contributed by atoms with Gasteiger partial charge in [-0.05, 0) is 69.8 Å². The van der Waals surface area contributed by atoms with Crippen LogP contribution in [0.3, 0.4) is 0 Å². The summed E-state index contributed by atoms with van der Waals surface area (Å²) in [4.78, 5) is 14.7. The van der Waals surface area contributed by atoms with E-state index in [1.54, 1.807) is 11.3 Å². The van der Waals surface area contributed by atoms with Gasteiger partial charge < -0.3 is 0 Å². The van der Waals surface area contributed by atoms with Crippen molar-refractivity contribution in [2.24, 2.45) is 0 Å². The standard InChI is InChI=1S/C51H31N3S2/c1-4-13-32(14-5-1)37-27-38(33-15-6-2-7-16-33)29-39(28-37)40-20-12-21-44-43-26-24-36(31-47(43)56-48(40)44)51-53-49(34-17-8-3-9-18-34)52-50(54-51)35-23-25-42-41-19-10-11-22-45(41)55-46(42)30-35/h1-31H/i12D,20D,21D,24D,26D,31D. The molecule has 0 aliphatic carbocycles. The van der Waals surface area contributed by atoms with Gasteiger partial charge in [-0.15, -0.1) is 22.7 Å². The predicted molar refractivity (Wildman–Crippen MR) is 238 cm³/mol. The van der Waals surface area contributed by atoms with Crippen LogP contribution >= 0.6 is 22.7 Å². The van der Waals surface area contributed by atoms with E-state index >= 15 is 0 Å². The van der Waals surface area contributed by atoms with E-state index in [1.165, 1.54) is 21.4 Å². The molecule has 0 saturated carbocycles. The molecular weight excluding hydrogens is 719 g/mol. The van der Waals surface area contributed by atoms with Gasteiger partial charge in [0.1, 0.15) is 0 Å². The number of nitrogens with zero attached hydrogens (tertiary/aromatic N) is 3. The molecule has 0 atom stereocenters. The molecule has 0 bridgehead atoms. The Balaban J connectivity index is 1.16. The van der Waals surface area contributed by atoms with Crippen molar-refractivity contribution in [3.63, 3.8) is 0 Å². The Hall–Kier alpha value is -6.79. The van der Waals surface area contributed by atoms with Crippen LogP contribution in [0.4, 0.5) is 0 Å². The fourth-order valence-electron chi connectivity index (χ4n) is 7.30. The predicted octanol–water partition coefficient (Wildman–Crippen LogP) is 14.6. The van der Waals surface area contributed by atoms with Gasteiger partial charge in [0, 0.05) is 57.0 Å². The van der Waals surface area contributed by atoms with Crippen molar-refractivity contribution in [1.29, 1.82) is 0 Å². The summed E-state index contributed by atoms with van der Waals surface area (Å²) in [6.45, 7) is 0. The van der Waals surface area contributed by atoms with E-state index in [1.807, 2.05) is 121 Å². The van der Waals surface area contributed by atoms with Gasteiger partial charge in [0.25, 0.3) is 0 Å². The Bertz CT molecular complexity index is 3540. The molecular formula is C51H31N3S2. The molecule has 0 N–H and O–H groups in total. The molecule has 0 aliphatic heterocycles. The molecule has 0 fully saturated rings. The third-order valence-corrected chi connectivity index (χ3v) is 12.3. The third-order valence-electron chi connectivity index (χ3n) is 10.0. The molecule has 0 spiro atoms. The van der Waals surface area contributed by atoms with Crippen LogP contribution in [0.15, 0.2) is 188 Å². The third kappa shape index (κ3) is 5.77. The van der Waals surface area contributed by atoms with Gasteiger partial charge in [-0.25, -0.2) is 15.0 Å². The summed E-state index contributed by atoms with van der Waals surface area (Å²) >= 11 is 2.89. The lowest BCUT2D eigenvalue weighted by atomic mass is 9.93. The maximum Gasteiger partial charge on any atom is 0.164 e. The van der Waals surface area contributed by atoms with E-state index in [0.29, 0.717) is 32.2 Å². The maximum atomic E-state index is 9.77. The molecule has 0 amide bonds. The zero-order valence-electron chi connectivity index (χ0n) is 35.6. The highest BCUT2D eigenvalue weighted by Gasteiger charge is 2.17. The summed E-state index contributed by atoms with van der Waals surface area (Å²) < 4.78 is 59.5. The quantitative estimate of drug-likeness (QED) is 0.170. The fourth-order valence-corrected chi connectivity index (χ4v) is 9.58. The molecule has 11 rings (SSSR count). The first kappa shape index (κ1) is 26.9. The average Bonchev–Trinajstić information content (AvgIpc) is 3.90. The van der Waals surface area contributed by atoms with E-state index in [9.17, 15) is 6.85 Å². The second-order valence-corrected chi connectivity index (χ2v) is 15.6. The van der Waals surface area contributed by atoms with Gasteiger partial charge in [-0.1, -0.05) is 152 Å². The lowest BCUT2D eigenvalue weighted by Crippen LogP contribution is -2.00. The summed E-state index contributed by atoms with van der Waals surface area (Å²) in [5.74, 6) is 0.825.